The van der Waals surface area contributed by atoms with E-state index in [0.717, 1.165) is 5.69 Å². The lowest BCUT2D eigenvalue weighted by atomic mass is 10.1. The van der Waals surface area contributed by atoms with Gasteiger partial charge in [-0.05, 0) is 45.0 Å². The molecule has 0 aliphatic carbocycles. The van der Waals surface area contributed by atoms with Crippen molar-refractivity contribution in [2.75, 3.05) is 31.1 Å². The molecule has 1 heterocycles. The fourth-order valence-corrected chi connectivity index (χ4v) is 2.45. The van der Waals surface area contributed by atoms with Crippen molar-refractivity contribution in [1.29, 1.82) is 5.26 Å². The number of carbonyl (C=O) groups is 1. The van der Waals surface area contributed by atoms with Crippen LogP contribution in [0, 0.1) is 11.3 Å². The number of ether oxygens (including phenoxy) is 1. The summed E-state index contributed by atoms with van der Waals surface area (Å²) in [5.41, 5.74) is 1.06. The fourth-order valence-electron chi connectivity index (χ4n) is 2.45. The van der Waals surface area contributed by atoms with Crippen LogP contribution in [-0.4, -0.2) is 53.7 Å². The van der Waals surface area contributed by atoms with Crippen molar-refractivity contribution in [2.24, 2.45) is 5.16 Å². The number of hydrogen-bond acceptors (Lipinski definition) is 6. The zero-order chi connectivity index (χ0) is 17.7. The average Bonchev–Trinajstić information content (AvgIpc) is 2.55. The molecule has 128 valence electrons. The van der Waals surface area contributed by atoms with Gasteiger partial charge in [-0.2, -0.15) is 5.26 Å². The van der Waals surface area contributed by atoms with E-state index in [4.69, 9.17) is 15.2 Å². The highest BCUT2D eigenvalue weighted by Gasteiger charge is 2.25. The van der Waals surface area contributed by atoms with Crippen molar-refractivity contribution >= 4 is 17.5 Å². The Bertz CT molecular complexity index is 648. The van der Waals surface area contributed by atoms with Gasteiger partial charge in [0.1, 0.15) is 11.7 Å². The first-order chi connectivity index (χ1) is 11.3. The molecule has 1 aliphatic rings. The molecule has 7 nitrogen and oxygen atoms in total. The minimum Gasteiger partial charge on any atom is -0.444 e. The number of hydrogen-bond donors (Lipinski definition) is 1. The Kier molecular flexibility index (Phi) is 5.29. The highest BCUT2D eigenvalue weighted by atomic mass is 16.6. The standard InChI is InChI=1S/C17H22N4O3/c1-17(2,3)24-16(22)21-10-8-20(9-11-21)14-6-4-13(5-7-14)15(12-18)19-23/h4-7,23H,8-11H2,1-3H3/b19-15-. The van der Waals surface area contributed by atoms with Crippen molar-refractivity contribution in [2.45, 2.75) is 26.4 Å². The Balaban J connectivity index is 1.95. The summed E-state index contributed by atoms with van der Waals surface area (Å²) in [6.45, 7) is 8.17. The molecule has 2 rings (SSSR count). The van der Waals surface area contributed by atoms with E-state index in [1.54, 1.807) is 17.0 Å². The monoisotopic (exact) mass is 330 g/mol. The molecular weight excluding hydrogens is 308 g/mol. The number of anilines is 1. The number of carbonyl (C=O) groups excluding carboxylic acids is 1. The average molecular weight is 330 g/mol. The lowest BCUT2D eigenvalue weighted by Gasteiger charge is -2.36. The molecule has 1 fully saturated rings. The molecule has 1 aliphatic heterocycles. The summed E-state index contributed by atoms with van der Waals surface area (Å²) < 4.78 is 5.39. The number of oxime groups is 1. The zero-order valence-electron chi connectivity index (χ0n) is 14.2. The number of nitrogens with zero attached hydrogens (tertiary/aromatic N) is 4. The van der Waals surface area contributed by atoms with Gasteiger partial charge >= 0.3 is 6.09 Å². The first kappa shape index (κ1) is 17.6. The first-order valence-corrected chi connectivity index (χ1v) is 7.79. The molecule has 0 aromatic heterocycles. The molecular formula is C17H22N4O3. The first-order valence-electron chi connectivity index (χ1n) is 7.79. The molecule has 0 bridgehead atoms. The third-order valence-electron chi connectivity index (χ3n) is 3.64. The molecule has 7 heteroatoms. The molecule has 1 saturated heterocycles. The van der Waals surface area contributed by atoms with Gasteiger partial charge < -0.3 is 19.7 Å². The lowest BCUT2D eigenvalue weighted by molar-refractivity contribution is 0.0240. The fraction of sp³-hybridized carbons (Fsp3) is 0.471. The predicted octanol–water partition coefficient (Wildman–Crippen LogP) is 2.45. The Morgan fingerprint density at radius 1 is 1.21 bits per heavy atom. The van der Waals surface area contributed by atoms with Crippen molar-refractivity contribution in [3.8, 4) is 6.07 Å². The minimum absolute atomic E-state index is 0.0173. The van der Waals surface area contributed by atoms with E-state index in [9.17, 15) is 4.79 Å². The third-order valence-corrected chi connectivity index (χ3v) is 3.64. The van der Waals surface area contributed by atoms with Crippen LogP contribution in [-0.2, 0) is 4.74 Å². The molecule has 0 radical (unpaired) electrons. The van der Waals surface area contributed by atoms with Crippen LogP contribution in [0.25, 0.3) is 0 Å². The van der Waals surface area contributed by atoms with E-state index in [1.165, 1.54) is 0 Å². The summed E-state index contributed by atoms with van der Waals surface area (Å²) in [6, 6.07) is 9.07. The molecule has 24 heavy (non-hydrogen) atoms. The van der Waals surface area contributed by atoms with E-state index in [0.29, 0.717) is 31.7 Å². The number of piperazine rings is 1. The van der Waals surface area contributed by atoms with Gasteiger partial charge in [0.2, 0.25) is 0 Å². The van der Waals surface area contributed by atoms with E-state index in [2.05, 4.69) is 10.1 Å². The van der Waals surface area contributed by atoms with Crippen LogP contribution in [0.4, 0.5) is 10.5 Å². The van der Waals surface area contributed by atoms with Gasteiger partial charge in [-0.3, -0.25) is 0 Å². The van der Waals surface area contributed by atoms with E-state index >= 15 is 0 Å². The van der Waals surface area contributed by atoms with Gasteiger partial charge in [0.05, 0.1) is 0 Å². The van der Waals surface area contributed by atoms with Crippen molar-refractivity contribution in [3.05, 3.63) is 29.8 Å². The maximum atomic E-state index is 12.1. The van der Waals surface area contributed by atoms with Gasteiger partial charge in [0, 0.05) is 37.4 Å². The van der Waals surface area contributed by atoms with E-state index in [1.807, 2.05) is 39.0 Å². The number of benzene rings is 1. The summed E-state index contributed by atoms with van der Waals surface area (Å²) in [6.07, 6.45) is -0.282. The van der Waals surface area contributed by atoms with Crippen molar-refractivity contribution in [1.82, 2.24) is 4.90 Å². The molecule has 0 unspecified atom stereocenters. The summed E-state index contributed by atoms with van der Waals surface area (Å²) in [5, 5.41) is 20.6. The second-order valence-electron chi connectivity index (χ2n) is 6.56. The van der Waals surface area contributed by atoms with Crippen LogP contribution in [0.2, 0.25) is 0 Å². The summed E-state index contributed by atoms with van der Waals surface area (Å²) in [5.74, 6) is 0. The van der Waals surface area contributed by atoms with Crippen molar-refractivity contribution in [3.63, 3.8) is 0 Å². The Morgan fingerprint density at radius 2 is 1.79 bits per heavy atom. The highest BCUT2D eigenvalue weighted by Crippen LogP contribution is 2.19. The topological polar surface area (TPSA) is 89.2 Å². The number of rotatable bonds is 2. The predicted molar refractivity (Wildman–Crippen MR) is 90.4 cm³/mol. The molecule has 0 atom stereocenters. The van der Waals surface area contributed by atoms with Gasteiger partial charge in [-0.15, -0.1) is 0 Å². The van der Waals surface area contributed by atoms with Crippen LogP contribution < -0.4 is 4.90 Å². The summed E-state index contributed by atoms with van der Waals surface area (Å²) >= 11 is 0. The number of nitriles is 1. The maximum Gasteiger partial charge on any atom is 0.410 e. The second-order valence-corrected chi connectivity index (χ2v) is 6.56. The highest BCUT2D eigenvalue weighted by molar-refractivity contribution is 6.11. The Hall–Kier alpha value is -2.75. The molecule has 1 aromatic rings. The normalized spacial score (nSPS) is 15.8. The van der Waals surface area contributed by atoms with Crippen LogP contribution in [0.5, 0.6) is 0 Å². The molecule has 0 spiro atoms. The quantitative estimate of drug-likeness (QED) is 0.511. The molecule has 1 amide bonds. The van der Waals surface area contributed by atoms with Crippen LogP contribution in [0.1, 0.15) is 26.3 Å². The minimum atomic E-state index is -0.489. The van der Waals surface area contributed by atoms with Gasteiger partial charge in [-0.1, -0.05) is 5.16 Å². The van der Waals surface area contributed by atoms with Crippen molar-refractivity contribution < 1.29 is 14.7 Å². The maximum absolute atomic E-state index is 12.1. The largest absolute Gasteiger partial charge is 0.444 e. The Labute approximate surface area is 141 Å². The lowest BCUT2D eigenvalue weighted by Crippen LogP contribution is -2.50. The van der Waals surface area contributed by atoms with Crippen LogP contribution >= 0.6 is 0 Å². The van der Waals surface area contributed by atoms with Gasteiger partial charge in [0.15, 0.2) is 5.71 Å². The van der Waals surface area contributed by atoms with E-state index in [-0.39, 0.29) is 11.8 Å². The SMILES string of the molecule is CC(C)(C)OC(=O)N1CCN(c2ccc(/C(C#N)=N\O)cc2)CC1. The summed E-state index contributed by atoms with van der Waals surface area (Å²) in [4.78, 5) is 15.9. The number of amides is 1. The van der Waals surface area contributed by atoms with Gasteiger partial charge in [0.25, 0.3) is 0 Å². The Morgan fingerprint density at radius 3 is 2.25 bits per heavy atom. The molecule has 1 N–H and O–H groups in total. The third kappa shape index (κ3) is 4.38. The zero-order valence-corrected chi connectivity index (χ0v) is 14.2. The van der Waals surface area contributed by atoms with Crippen LogP contribution in [0.3, 0.4) is 0 Å². The summed E-state index contributed by atoms with van der Waals surface area (Å²) in [7, 11) is 0. The van der Waals surface area contributed by atoms with E-state index < -0.39 is 5.60 Å². The molecule has 0 saturated carbocycles. The van der Waals surface area contributed by atoms with Gasteiger partial charge in [-0.25, -0.2) is 4.79 Å². The van der Waals surface area contributed by atoms with Crippen LogP contribution in [0.15, 0.2) is 29.4 Å². The molecule has 1 aromatic carbocycles. The smallest absolute Gasteiger partial charge is 0.410 e. The second kappa shape index (κ2) is 7.21.